The zero-order valence-corrected chi connectivity index (χ0v) is 12.5. The monoisotopic (exact) mass is 285 g/mol. The van der Waals surface area contributed by atoms with Gasteiger partial charge in [-0.05, 0) is 43.5 Å². The molecule has 1 heterocycles. The maximum atomic E-state index is 6.15. The molecule has 4 nitrogen and oxygen atoms in total. The highest BCUT2D eigenvalue weighted by Gasteiger charge is 2.42. The van der Waals surface area contributed by atoms with Gasteiger partial charge >= 0.3 is 0 Å². The third-order valence-corrected chi connectivity index (χ3v) is 4.53. The Kier molecular flexibility index (Phi) is 4.19. The summed E-state index contributed by atoms with van der Waals surface area (Å²) in [6.45, 7) is 2.77. The van der Waals surface area contributed by atoms with Gasteiger partial charge < -0.3 is 4.74 Å². The summed E-state index contributed by atoms with van der Waals surface area (Å²) in [6, 6.07) is 10.4. The molecule has 2 aromatic rings. The molecule has 3 N–H and O–H groups in total. The predicted molar refractivity (Wildman–Crippen MR) is 84.6 cm³/mol. The third kappa shape index (κ3) is 2.67. The predicted octanol–water partition coefficient (Wildman–Crippen LogP) is 3.09. The van der Waals surface area contributed by atoms with Crippen molar-refractivity contribution in [2.75, 3.05) is 6.61 Å². The lowest BCUT2D eigenvalue weighted by atomic mass is 9.86. The molecule has 4 heteroatoms. The maximum absolute atomic E-state index is 6.15. The molecule has 1 fully saturated rings. The van der Waals surface area contributed by atoms with Crippen LogP contribution >= 0.6 is 0 Å². The molecule has 0 saturated heterocycles. The number of hydrogen-bond donors (Lipinski definition) is 2. The largest absolute Gasteiger partial charge is 0.373 e. The summed E-state index contributed by atoms with van der Waals surface area (Å²) >= 11 is 0. The van der Waals surface area contributed by atoms with Crippen LogP contribution in [0, 0.1) is 0 Å². The number of pyridine rings is 1. The van der Waals surface area contributed by atoms with E-state index in [-0.39, 0.29) is 11.6 Å². The van der Waals surface area contributed by atoms with E-state index in [9.17, 15) is 0 Å². The SMILES string of the molecule is CCOC1(C(NN)c2ccc3ncccc3c2)CCCC1. The van der Waals surface area contributed by atoms with Crippen LogP contribution in [0.5, 0.6) is 0 Å². The first kappa shape index (κ1) is 14.4. The van der Waals surface area contributed by atoms with Crippen LogP contribution in [0.25, 0.3) is 10.9 Å². The molecule has 0 radical (unpaired) electrons. The van der Waals surface area contributed by atoms with Crippen molar-refractivity contribution in [1.29, 1.82) is 0 Å². The topological polar surface area (TPSA) is 60.2 Å². The number of rotatable bonds is 5. The van der Waals surface area contributed by atoms with Crippen LogP contribution in [0.3, 0.4) is 0 Å². The summed E-state index contributed by atoms with van der Waals surface area (Å²) in [5.41, 5.74) is 5.01. The Labute approximate surface area is 125 Å². The molecule has 0 bridgehead atoms. The standard InChI is InChI=1S/C17H23N3O/c1-2-21-17(9-3-4-10-17)16(20-18)14-7-8-15-13(12-14)6-5-11-19-15/h5-8,11-12,16,20H,2-4,9-10,18H2,1H3. The highest BCUT2D eigenvalue weighted by molar-refractivity contribution is 5.79. The molecule has 1 aliphatic carbocycles. The number of benzene rings is 1. The lowest BCUT2D eigenvalue weighted by Gasteiger charge is -2.37. The van der Waals surface area contributed by atoms with E-state index in [1.165, 1.54) is 18.4 Å². The summed E-state index contributed by atoms with van der Waals surface area (Å²) in [4.78, 5) is 4.38. The molecule has 3 rings (SSSR count). The lowest BCUT2D eigenvalue weighted by Crippen LogP contribution is -2.46. The molecule has 0 aliphatic heterocycles. The molecule has 1 saturated carbocycles. The number of hydrazine groups is 1. The molecule has 1 unspecified atom stereocenters. The van der Waals surface area contributed by atoms with Gasteiger partial charge in [0.25, 0.3) is 0 Å². The van der Waals surface area contributed by atoms with Gasteiger partial charge in [-0.3, -0.25) is 16.3 Å². The van der Waals surface area contributed by atoms with Gasteiger partial charge in [0.05, 0.1) is 17.2 Å². The molecule has 0 spiro atoms. The van der Waals surface area contributed by atoms with Crippen molar-refractivity contribution in [1.82, 2.24) is 10.4 Å². The van der Waals surface area contributed by atoms with Gasteiger partial charge in [0, 0.05) is 18.2 Å². The van der Waals surface area contributed by atoms with Gasteiger partial charge in [0.1, 0.15) is 0 Å². The van der Waals surface area contributed by atoms with Gasteiger partial charge in [-0.15, -0.1) is 0 Å². The fourth-order valence-electron chi connectivity index (χ4n) is 3.60. The number of fused-ring (bicyclic) bond motifs is 1. The van der Waals surface area contributed by atoms with E-state index in [1.807, 2.05) is 12.3 Å². The minimum atomic E-state index is -0.181. The zero-order valence-electron chi connectivity index (χ0n) is 12.5. The van der Waals surface area contributed by atoms with Crippen LogP contribution in [-0.4, -0.2) is 17.2 Å². The first-order valence-corrected chi connectivity index (χ1v) is 7.74. The maximum Gasteiger partial charge on any atom is 0.0889 e. The summed E-state index contributed by atoms with van der Waals surface area (Å²) in [7, 11) is 0. The van der Waals surface area contributed by atoms with E-state index in [0.29, 0.717) is 6.61 Å². The normalized spacial score (nSPS) is 19.0. The van der Waals surface area contributed by atoms with Gasteiger partial charge in [0.2, 0.25) is 0 Å². The van der Waals surface area contributed by atoms with Crippen molar-refractivity contribution in [3.63, 3.8) is 0 Å². The number of nitrogens with two attached hydrogens (primary N) is 1. The second-order valence-electron chi connectivity index (χ2n) is 5.76. The summed E-state index contributed by atoms with van der Waals surface area (Å²) in [6.07, 6.45) is 6.33. The van der Waals surface area contributed by atoms with E-state index in [0.717, 1.165) is 23.7 Å². The summed E-state index contributed by atoms with van der Waals surface area (Å²) in [5.74, 6) is 5.90. The van der Waals surface area contributed by atoms with Gasteiger partial charge in [-0.25, -0.2) is 0 Å². The van der Waals surface area contributed by atoms with Crippen molar-refractivity contribution >= 4 is 10.9 Å². The Balaban J connectivity index is 2.00. The molecule has 1 aliphatic rings. The number of hydrogen-bond acceptors (Lipinski definition) is 4. The number of aromatic nitrogens is 1. The van der Waals surface area contributed by atoms with E-state index in [2.05, 4.69) is 41.6 Å². The second-order valence-corrected chi connectivity index (χ2v) is 5.76. The molecule has 1 aromatic heterocycles. The van der Waals surface area contributed by atoms with Crippen molar-refractivity contribution in [2.24, 2.45) is 5.84 Å². The highest BCUT2D eigenvalue weighted by atomic mass is 16.5. The minimum absolute atomic E-state index is 0.0181. The highest BCUT2D eigenvalue weighted by Crippen LogP contribution is 2.43. The summed E-state index contributed by atoms with van der Waals surface area (Å²) in [5, 5.41) is 1.14. The Morgan fingerprint density at radius 3 is 2.86 bits per heavy atom. The molecule has 0 amide bonds. The lowest BCUT2D eigenvalue weighted by molar-refractivity contribution is -0.0626. The molecule has 1 atom stereocenters. The van der Waals surface area contributed by atoms with Gasteiger partial charge in [-0.2, -0.15) is 0 Å². The molecule has 112 valence electrons. The van der Waals surface area contributed by atoms with Gasteiger partial charge in [-0.1, -0.05) is 25.0 Å². The smallest absolute Gasteiger partial charge is 0.0889 e. The van der Waals surface area contributed by atoms with Crippen molar-refractivity contribution in [3.8, 4) is 0 Å². The van der Waals surface area contributed by atoms with Crippen molar-refractivity contribution in [2.45, 2.75) is 44.2 Å². The van der Waals surface area contributed by atoms with Crippen LogP contribution in [0.1, 0.15) is 44.2 Å². The van der Waals surface area contributed by atoms with Crippen molar-refractivity contribution in [3.05, 3.63) is 42.1 Å². The van der Waals surface area contributed by atoms with E-state index in [4.69, 9.17) is 10.6 Å². The second kappa shape index (κ2) is 6.10. The summed E-state index contributed by atoms with van der Waals surface area (Å²) < 4.78 is 6.15. The van der Waals surface area contributed by atoms with E-state index in [1.54, 1.807) is 0 Å². The Morgan fingerprint density at radius 1 is 1.33 bits per heavy atom. The number of nitrogens with one attached hydrogen (secondary N) is 1. The molecular weight excluding hydrogens is 262 g/mol. The third-order valence-electron chi connectivity index (χ3n) is 4.53. The Morgan fingerprint density at radius 2 is 2.14 bits per heavy atom. The first-order valence-electron chi connectivity index (χ1n) is 7.74. The average molecular weight is 285 g/mol. The number of nitrogens with zero attached hydrogens (tertiary/aromatic N) is 1. The van der Waals surface area contributed by atoms with Crippen molar-refractivity contribution < 1.29 is 4.74 Å². The molecule has 1 aromatic carbocycles. The fraction of sp³-hybridized carbons (Fsp3) is 0.471. The van der Waals surface area contributed by atoms with Crippen LogP contribution in [0.4, 0.5) is 0 Å². The molecular formula is C17H23N3O. The quantitative estimate of drug-likeness (QED) is 0.654. The van der Waals surface area contributed by atoms with Gasteiger partial charge in [0.15, 0.2) is 0 Å². The Bertz CT molecular complexity index is 608. The Hall–Kier alpha value is -1.49. The van der Waals surface area contributed by atoms with Crippen LogP contribution in [0.15, 0.2) is 36.5 Å². The first-order chi connectivity index (χ1) is 10.3. The van der Waals surface area contributed by atoms with Crippen LogP contribution < -0.4 is 11.3 Å². The average Bonchev–Trinajstić information content (AvgIpc) is 2.97. The molecule has 21 heavy (non-hydrogen) atoms. The van der Waals surface area contributed by atoms with E-state index < -0.39 is 0 Å². The fourth-order valence-corrected chi connectivity index (χ4v) is 3.60. The minimum Gasteiger partial charge on any atom is -0.373 e. The number of ether oxygens (including phenoxy) is 1. The zero-order chi connectivity index (χ0) is 14.7. The van der Waals surface area contributed by atoms with Crippen LogP contribution in [-0.2, 0) is 4.74 Å². The van der Waals surface area contributed by atoms with E-state index >= 15 is 0 Å². The van der Waals surface area contributed by atoms with Crippen LogP contribution in [0.2, 0.25) is 0 Å².